The molecule has 0 fully saturated rings. The zero-order valence-corrected chi connectivity index (χ0v) is 34.5. The number of allylic oxidation sites excluding steroid dienone is 4. The summed E-state index contributed by atoms with van der Waals surface area (Å²) in [4.78, 5) is 35.2. The summed E-state index contributed by atoms with van der Waals surface area (Å²) in [5.74, 6) is -0.818. The molecule has 1 N–H and O–H groups in total. The molecular formula is C41H79NO8P+. The van der Waals surface area contributed by atoms with Crippen LogP contribution in [0.2, 0.25) is 0 Å². The van der Waals surface area contributed by atoms with E-state index in [1.807, 2.05) is 21.1 Å². The number of ether oxygens (including phenoxy) is 2. The molecule has 0 bridgehead atoms. The fourth-order valence-electron chi connectivity index (χ4n) is 5.41. The number of carbonyl (C=O) groups excluding carboxylic acids is 2. The maximum Gasteiger partial charge on any atom is 0.472 e. The molecule has 300 valence electrons. The minimum absolute atomic E-state index is 0.0297. The molecule has 0 spiro atoms. The Morgan fingerprint density at radius 3 is 1.49 bits per heavy atom. The van der Waals surface area contributed by atoms with Crippen molar-refractivity contribution in [1.82, 2.24) is 0 Å². The number of likely N-dealkylation sites (N-methyl/N-ethyl adjacent to an activating group) is 1. The maximum absolute atomic E-state index is 12.6. The fraction of sp³-hybridized carbons (Fsp3) is 0.854. The first-order valence-corrected chi connectivity index (χ1v) is 22.1. The van der Waals surface area contributed by atoms with E-state index in [4.69, 9.17) is 18.5 Å². The third kappa shape index (κ3) is 38.0. The third-order valence-corrected chi connectivity index (χ3v) is 9.69. The molecule has 0 rings (SSSR count). The third-order valence-electron chi connectivity index (χ3n) is 8.70. The van der Waals surface area contributed by atoms with Gasteiger partial charge in [0.25, 0.3) is 0 Å². The smallest absolute Gasteiger partial charge is 0.462 e. The summed E-state index contributed by atoms with van der Waals surface area (Å²) in [6, 6.07) is 0. The number of quaternary nitrogens is 1. The highest BCUT2D eigenvalue weighted by atomic mass is 31.2. The van der Waals surface area contributed by atoms with E-state index in [1.165, 1.54) is 70.6 Å². The van der Waals surface area contributed by atoms with E-state index in [-0.39, 0.29) is 32.0 Å². The van der Waals surface area contributed by atoms with Crippen molar-refractivity contribution >= 4 is 19.8 Å². The molecule has 0 radical (unpaired) electrons. The molecule has 1 unspecified atom stereocenters. The summed E-state index contributed by atoms with van der Waals surface area (Å²) in [6.07, 6.45) is 35.1. The summed E-state index contributed by atoms with van der Waals surface area (Å²) in [5, 5.41) is 0. The lowest BCUT2D eigenvalue weighted by Crippen LogP contribution is -2.37. The Morgan fingerprint density at radius 1 is 0.588 bits per heavy atom. The first-order chi connectivity index (χ1) is 24.5. The van der Waals surface area contributed by atoms with E-state index >= 15 is 0 Å². The SMILES string of the molecule is CCCCC/C=C\CCCCCCCC(=O)O[C@H](COC(=O)CCCCCCC/C=C/CCCCCCCC)COP(=O)(O)OCC[N+](C)(C)C. The van der Waals surface area contributed by atoms with Crippen LogP contribution in [0.4, 0.5) is 0 Å². The van der Waals surface area contributed by atoms with Crippen molar-refractivity contribution < 1.29 is 42.1 Å². The number of hydrogen-bond donors (Lipinski definition) is 1. The van der Waals surface area contributed by atoms with Crippen molar-refractivity contribution in [2.75, 3.05) is 47.5 Å². The van der Waals surface area contributed by atoms with Gasteiger partial charge in [-0.05, 0) is 64.2 Å². The molecular weight excluding hydrogens is 665 g/mol. The Hall–Kier alpha value is -1.51. The Bertz CT molecular complexity index is 933. The largest absolute Gasteiger partial charge is 0.472 e. The predicted octanol–water partition coefficient (Wildman–Crippen LogP) is 11.2. The molecule has 0 aliphatic rings. The molecule has 0 saturated carbocycles. The monoisotopic (exact) mass is 745 g/mol. The summed E-state index contributed by atoms with van der Waals surface area (Å²) >= 11 is 0. The van der Waals surface area contributed by atoms with Crippen LogP contribution in [0.5, 0.6) is 0 Å². The van der Waals surface area contributed by atoms with E-state index < -0.39 is 26.5 Å². The second-order valence-electron chi connectivity index (χ2n) is 15.0. The van der Waals surface area contributed by atoms with Gasteiger partial charge in [0, 0.05) is 12.8 Å². The molecule has 0 aromatic rings. The number of nitrogens with zero attached hydrogens (tertiary/aromatic N) is 1. The number of esters is 2. The van der Waals surface area contributed by atoms with Crippen LogP contribution >= 0.6 is 7.82 Å². The molecule has 0 heterocycles. The van der Waals surface area contributed by atoms with Gasteiger partial charge >= 0.3 is 19.8 Å². The Morgan fingerprint density at radius 2 is 1.00 bits per heavy atom. The van der Waals surface area contributed by atoms with Crippen LogP contribution < -0.4 is 0 Å². The highest BCUT2D eigenvalue weighted by Gasteiger charge is 2.27. The molecule has 51 heavy (non-hydrogen) atoms. The molecule has 9 nitrogen and oxygen atoms in total. The topological polar surface area (TPSA) is 108 Å². The van der Waals surface area contributed by atoms with Crippen molar-refractivity contribution in [3.63, 3.8) is 0 Å². The highest BCUT2D eigenvalue weighted by Crippen LogP contribution is 2.43. The van der Waals surface area contributed by atoms with Crippen molar-refractivity contribution in [3.8, 4) is 0 Å². The van der Waals surface area contributed by atoms with E-state index in [9.17, 15) is 19.0 Å². The van der Waals surface area contributed by atoms with E-state index in [0.717, 1.165) is 70.6 Å². The Balaban J connectivity index is 4.41. The molecule has 0 aliphatic carbocycles. The van der Waals surface area contributed by atoms with Crippen LogP contribution in [-0.4, -0.2) is 74.9 Å². The van der Waals surface area contributed by atoms with Gasteiger partial charge in [-0.3, -0.25) is 18.6 Å². The average Bonchev–Trinajstić information content (AvgIpc) is 3.07. The van der Waals surface area contributed by atoms with E-state index in [0.29, 0.717) is 17.4 Å². The molecule has 0 amide bonds. The van der Waals surface area contributed by atoms with Gasteiger partial charge in [-0.25, -0.2) is 4.57 Å². The molecule has 0 saturated heterocycles. The van der Waals surface area contributed by atoms with Gasteiger partial charge in [0.1, 0.15) is 19.8 Å². The van der Waals surface area contributed by atoms with Crippen LogP contribution in [0.3, 0.4) is 0 Å². The second-order valence-corrected chi connectivity index (χ2v) is 16.5. The van der Waals surface area contributed by atoms with Gasteiger partial charge in [0.15, 0.2) is 6.10 Å². The molecule has 0 aliphatic heterocycles. The maximum atomic E-state index is 12.6. The Labute approximate surface area is 313 Å². The summed E-state index contributed by atoms with van der Waals surface area (Å²) in [6.45, 7) is 4.37. The van der Waals surface area contributed by atoms with Crippen LogP contribution in [0.25, 0.3) is 0 Å². The lowest BCUT2D eigenvalue weighted by Gasteiger charge is -2.24. The first-order valence-electron chi connectivity index (χ1n) is 20.6. The van der Waals surface area contributed by atoms with Gasteiger partial charge in [0.2, 0.25) is 0 Å². The fourth-order valence-corrected chi connectivity index (χ4v) is 6.16. The summed E-state index contributed by atoms with van der Waals surface area (Å²) in [7, 11) is 1.47. The van der Waals surface area contributed by atoms with Gasteiger partial charge in [-0.15, -0.1) is 0 Å². The zero-order valence-electron chi connectivity index (χ0n) is 33.6. The molecule has 0 aromatic carbocycles. The van der Waals surface area contributed by atoms with Crippen LogP contribution in [-0.2, 0) is 32.7 Å². The number of phosphoric ester groups is 1. The predicted molar refractivity (Wildman–Crippen MR) is 211 cm³/mol. The molecule has 2 atom stereocenters. The first kappa shape index (κ1) is 49.5. The lowest BCUT2D eigenvalue weighted by atomic mass is 10.1. The van der Waals surface area contributed by atoms with Gasteiger partial charge in [-0.1, -0.05) is 122 Å². The quantitative estimate of drug-likeness (QED) is 0.0220. The highest BCUT2D eigenvalue weighted by molar-refractivity contribution is 7.47. The number of unbranched alkanes of at least 4 members (excludes halogenated alkanes) is 19. The summed E-state index contributed by atoms with van der Waals surface area (Å²) in [5.41, 5.74) is 0. The van der Waals surface area contributed by atoms with Crippen molar-refractivity contribution in [3.05, 3.63) is 24.3 Å². The van der Waals surface area contributed by atoms with Crippen LogP contribution in [0.15, 0.2) is 24.3 Å². The zero-order chi connectivity index (χ0) is 37.9. The standard InChI is InChI=1S/C41H78NO8P/c1-6-8-10-12-14-16-18-20-21-22-24-25-27-29-31-33-40(43)47-37-39(38-49-51(45,46)48-36-35-42(3,4)5)50-41(44)34-32-30-28-26-23-19-17-15-13-11-9-7-2/h15,17,20-21,39H,6-14,16,18-19,22-38H2,1-5H3/p+1/b17-15-,21-20+/t39-/m1/s1. The Kier molecular flexibility index (Phi) is 33.3. The average molecular weight is 745 g/mol. The lowest BCUT2D eigenvalue weighted by molar-refractivity contribution is -0.870. The molecule has 10 heteroatoms. The minimum atomic E-state index is -4.37. The van der Waals surface area contributed by atoms with Crippen molar-refractivity contribution in [2.45, 2.75) is 180 Å². The number of phosphoric acid groups is 1. The van der Waals surface area contributed by atoms with E-state index in [2.05, 4.69) is 38.2 Å². The summed E-state index contributed by atoms with van der Waals surface area (Å²) < 4.78 is 34.2. The van der Waals surface area contributed by atoms with Gasteiger partial charge < -0.3 is 18.9 Å². The minimum Gasteiger partial charge on any atom is -0.462 e. The van der Waals surface area contributed by atoms with E-state index in [1.54, 1.807) is 0 Å². The second kappa shape index (κ2) is 34.3. The van der Waals surface area contributed by atoms with Gasteiger partial charge in [-0.2, -0.15) is 0 Å². The van der Waals surface area contributed by atoms with Crippen molar-refractivity contribution in [2.24, 2.45) is 0 Å². The number of carbonyl (C=O) groups is 2. The van der Waals surface area contributed by atoms with Gasteiger partial charge in [0.05, 0.1) is 27.7 Å². The van der Waals surface area contributed by atoms with Crippen LogP contribution in [0, 0.1) is 0 Å². The normalized spacial score (nSPS) is 13.9. The van der Waals surface area contributed by atoms with Crippen molar-refractivity contribution in [1.29, 1.82) is 0 Å². The van der Waals surface area contributed by atoms with Crippen LogP contribution in [0.1, 0.15) is 174 Å². The number of rotatable bonds is 37. The molecule has 0 aromatic heterocycles. The number of hydrogen-bond acceptors (Lipinski definition) is 7.